The van der Waals surface area contributed by atoms with Crippen molar-refractivity contribution in [3.63, 3.8) is 0 Å². The van der Waals surface area contributed by atoms with Crippen molar-refractivity contribution in [3.8, 4) is 0 Å². The summed E-state index contributed by atoms with van der Waals surface area (Å²) in [4.78, 5) is 10.2. The molecule has 1 aromatic carbocycles. The first-order valence-electron chi connectivity index (χ1n) is 4.65. The second-order valence-electron chi connectivity index (χ2n) is 3.05. The molecular weight excluding hydrogens is 278 g/mol. The zero-order valence-corrected chi connectivity index (χ0v) is 10.4. The Labute approximate surface area is 102 Å². The molecule has 16 heavy (non-hydrogen) atoms. The van der Waals surface area contributed by atoms with Gasteiger partial charge in [-0.1, -0.05) is 12.1 Å². The quantitative estimate of drug-likeness (QED) is 0.459. The fourth-order valence-corrected chi connectivity index (χ4v) is 1.67. The molecule has 1 rings (SSSR count). The van der Waals surface area contributed by atoms with E-state index in [1.54, 1.807) is 19.2 Å². The number of hydrogen-bond donors (Lipinski definition) is 0. The van der Waals surface area contributed by atoms with Crippen LogP contribution in [0.15, 0.2) is 22.7 Å². The Bertz CT molecular complexity index is 370. The zero-order valence-electron chi connectivity index (χ0n) is 8.81. The summed E-state index contributed by atoms with van der Waals surface area (Å²) >= 11 is 3.20. The molecule has 0 saturated carbocycles. The third-order valence-electron chi connectivity index (χ3n) is 1.94. The molecule has 6 heteroatoms. The number of nitrogens with zero attached hydrogens (tertiary/aromatic N) is 1. The maximum Gasteiger partial charge on any atom is 0.283 e. The summed E-state index contributed by atoms with van der Waals surface area (Å²) in [5, 5.41) is 10.7. The van der Waals surface area contributed by atoms with E-state index in [2.05, 4.69) is 15.9 Å². The highest BCUT2D eigenvalue weighted by atomic mass is 79.9. The van der Waals surface area contributed by atoms with E-state index in [0.29, 0.717) is 24.3 Å². The topological polar surface area (TPSA) is 61.6 Å². The molecule has 0 aromatic heterocycles. The lowest BCUT2D eigenvalue weighted by molar-refractivity contribution is -0.385. The minimum Gasteiger partial charge on any atom is -0.382 e. The van der Waals surface area contributed by atoms with Crippen LogP contribution in [-0.4, -0.2) is 25.2 Å². The first-order valence-corrected chi connectivity index (χ1v) is 5.44. The highest BCUT2D eigenvalue weighted by molar-refractivity contribution is 9.10. The first-order chi connectivity index (χ1) is 7.66. The van der Waals surface area contributed by atoms with E-state index in [1.165, 1.54) is 6.07 Å². The highest BCUT2D eigenvalue weighted by Crippen LogP contribution is 2.28. The van der Waals surface area contributed by atoms with Crippen molar-refractivity contribution in [1.29, 1.82) is 0 Å². The molecular formula is C10H12BrNO4. The fourth-order valence-electron chi connectivity index (χ4n) is 1.14. The van der Waals surface area contributed by atoms with E-state index < -0.39 is 4.92 Å². The van der Waals surface area contributed by atoms with Gasteiger partial charge in [-0.3, -0.25) is 10.1 Å². The van der Waals surface area contributed by atoms with Crippen LogP contribution in [-0.2, 0) is 16.1 Å². The minimum atomic E-state index is -0.428. The molecule has 0 N–H and O–H groups in total. The van der Waals surface area contributed by atoms with E-state index in [1.807, 2.05) is 0 Å². The van der Waals surface area contributed by atoms with Crippen LogP contribution in [0, 0.1) is 10.1 Å². The van der Waals surface area contributed by atoms with Crippen LogP contribution in [0.25, 0.3) is 0 Å². The van der Waals surface area contributed by atoms with Gasteiger partial charge in [0.25, 0.3) is 5.69 Å². The second-order valence-corrected chi connectivity index (χ2v) is 3.85. The van der Waals surface area contributed by atoms with Crippen LogP contribution in [0.2, 0.25) is 0 Å². The monoisotopic (exact) mass is 289 g/mol. The Balaban J connectivity index is 2.66. The molecule has 0 aliphatic rings. The van der Waals surface area contributed by atoms with Gasteiger partial charge in [0.2, 0.25) is 0 Å². The maximum absolute atomic E-state index is 10.7. The maximum atomic E-state index is 10.7. The van der Waals surface area contributed by atoms with Crippen LogP contribution in [0.5, 0.6) is 0 Å². The molecule has 1 aromatic rings. The Morgan fingerprint density at radius 3 is 2.81 bits per heavy atom. The largest absolute Gasteiger partial charge is 0.382 e. The molecule has 5 nitrogen and oxygen atoms in total. The molecule has 0 bridgehead atoms. The van der Waals surface area contributed by atoms with Crippen LogP contribution < -0.4 is 0 Å². The van der Waals surface area contributed by atoms with E-state index in [4.69, 9.17) is 9.47 Å². The van der Waals surface area contributed by atoms with E-state index in [9.17, 15) is 10.1 Å². The summed E-state index contributed by atoms with van der Waals surface area (Å²) in [5.41, 5.74) is 0.804. The molecule has 0 amide bonds. The van der Waals surface area contributed by atoms with Crippen LogP contribution in [0.3, 0.4) is 0 Å². The molecule has 0 spiro atoms. The van der Waals surface area contributed by atoms with Gasteiger partial charge in [0.15, 0.2) is 0 Å². The van der Waals surface area contributed by atoms with Crippen molar-refractivity contribution in [1.82, 2.24) is 0 Å². The van der Waals surface area contributed by atoms with Crippen molar-refractivity contribution < 1.29 is 14.4 Å². The molecule has 0 atom stereocenters. The number of ether oxygens (including phenoxy) is 2. The third kappa shape index (κ3) is 3.55. The SMILES string of the molecule is COCCOCc1cccc([N+](=O)[O-])c1Br. The van der Waals surface area contributed by atoms with Gasteiger partial charge in [-0.25, -0.2) is 0 Å². The Morgan fingerprint density at radius 2 is 2.19 bits per heavy atom. The molecule has 0 aliphatic carbocycles. The number of hydrogen-bond acceptors (Lipinski definition) is 4. The Kier molecular flexibility index (Phi) is 5.37. The number of rotatable bonds is 6. The smallest absolute Gasteiger partial charge is 0.283 e. The van der Waals surface area contributed by atoms with Crippen LogP contribution in [0.4, 0.5) is 5.69 Å². The van der Waals surface area contributed by atoms with Gasteiger partial charge in [-0.2, -0.15) is 0 Å². The molecule has 88 valence electrons. The Morgan fingerprint density at radius 1 is 1.44 bits per heavy atom. The Hall–Kier alpha value is -0.980. The van der Waals surface area contributed by atoms with Crippen molar-refractivity contribution in [2.75, 3.05) is 20.3 Å². The summed E-state index contributed by atoms with van der Waals surface area (Å²) in [5.74, 6) is 0. The zero-order chi connectivity index (χ0) is 12.0. The third-order valence-corrected chi connectivity index (χ3v) is 2.86. The summed E-state index contributed by atoms with van der Waals surface area (Å²) in [6, 6.07) is 4.87. The average molecular weight is 290 g/mol. The lowest BCUT2D eigenvalue weighted by atomic mass is 10.2. The van der Waals surface area contributed by atoms with Gasteiger partial charge < -0.3 is 9.47 Å². The van der Waals surface area contributed by atoms with Crippen molar-refractivity contribution in [3.05, 3.63) is 38.3 Å². The number of nitro benzene ring substituents is 1. The molecule has 0 saturated heterocycles. The summed E-state index contributed by atoms with van der Waals surface area (Å²) in [7, 11) is 1.59. The van der Waals surface area contributed by atoms with Gasteiger partial charge in [0, 0.05) is 13.2 Å². The highest BCUT2D eigenvalue weighted by Gasteiger charge is 2.14. The van der Waals surface area contributed by atoms with Crippen molar-refractivity contribution in [2.45, 2.75) is 6.61 Å². The molecule has 0 heterocycles. The summed E-state index contributed by atoms with van der Waals surface area (Å²) < 4.78 is 10.6. The fraction of sp³-hybridized carbons (Fsp3) is 0.400. The van der Waals surface area contributed by atoms with Gasteiger partial charge in [0.1, 0.15) is 4.47 Å². The molecule has 0 unspecified atom stereocenters. The van der Waals surface area contributed by atoms with Gasteiger partial charge in [-0.15, -0.1) is 0 Å². The lowest BCUT2D eigenvalue weighted by Crippen LogP contribution is -2.02. The molecule has 0 radical (unpaired) electrons. The van der Waals surface area contributed by atoms with E-state index in [0.717, 1.165) is 5.56 Å². The number of benzene rings is 1. The van der Waals surface area contributed by atoms with Gasteiger partial charge in [-0.05, 0) is 21.5 Å². The lowest BCUT2D eigenvalue weighted by Gasteiger charge is -2.06. The molecule has 0 aliphatic heterocycles. The summed E-state index contributed by atoms with van der Waals surface area (Å²) in [6.45, 7) is 1.30. The van der Waals surface area contributed by atoms with Crippen LogP contribution >= 0.6 is 15.9 Å². The normalized spacial score (nSPS) is 10.4. The predicted molar refractivity (Wildman–Crippen MR) is 62.3 cm³/mol. The number of halogens is 1. The van der Waals surface area contributed by atoms with Gasteiger partial charge >= 0.3 is 0 Å². The number of nitro groups is 1. The first kappa shape index (κ1) is 13.1. The summed E-state index contributed by atoms with van der Waals surface area (Å²) in [6.07, 6.45) is 0. The van der Waals surface area contributed by atoms with Crippen molar-refractivity contribution in [2.24, 2.45) is 0 Å². The molecule has 0 fully saturated rings. The standard InChI is InChI=1S/C10H12BrNO4/c1-15-5-6-16-7-8-3-2-4-9(10(8)11)12(13)14/h2-4H,5-7H2,1H3. The predicted octanol–water partition coefficient (Wildman–Crippen LogP) is 2.52. The van der Waals surface area contributed by atoms with E-state index >= 15 is 0 Å². The second kappa shape index (κ2) is 6.57. The van der Waals surface area contributed by atoms with E-state index in [-0.39, 0.29) is 5.69 Å². The van der Waals surface area contributed by atoms with Gasteiger partial charge in [0.05, 0.1) is 24.7 Å². The average Bonchev–Trinajstić information content (AvgIpc) is 2.26. The minimum absolute atomic E-state index is 0.0489. The van der Waals surface area contributed by atoms with Crippen molar-refractivity contribution >= 4 is 21.6 Å². The number of methoxy groups -OCH3 is 1. The van der Waals surface area contributed by atoms with Crippen LogP contribution in [0.1, 0.15) is 5.56 Å².